The highest BCUT2D eigenvalue weighted by Crippen LogP contribution is 2.14. The van der Waals surface area contributed by atoms with Crippen molar-refractivity contribution in [1.82, 2.24) is 9.55 Å². The van der Waals surface area contributed by atoms with Crippen LogP contribution in [-0.4, -0.2) is 27.7 Å². The molecule has 158 valence electrons. The molecule has 1 heterocycles. The second-order valence-electron chi connectivity index (χ2n) is 7.20. The maximum atomic E-state index is 13.0. The summed E-state index contributed by atoms with van der Waals surface area (Å²) in [5, 5.41) is 9.83. The number of nitrogens with zero attached hydrogens (tertiary/aromatic N) is 2. The number of benzene rings is 3. The van der Waals surface area contributed by atoms with E-state index in [9.17, 15) is 14.7 Å². The summed E-state index contributed by atoms with van der Waals surface area (Å²) >= 11 is 0. The summed E-state index contributed by atoms with van der Waals surface area (Å²) in [6.45, 7) is 0.123. The minimum atomic E-state index is -1.03. The third-order valence-electron chi connectivity index (χ3n) is 5.10. The van der Waals surface area contributed by atoms with E-state index in [2.05, 4.69) is 16.8 Å². The van der Waals surface area contributed by atoms with Crippen LogP contribution in [0, 0.1) is 11.8 Å². The zero-order valence-corrected chi connectivity index (χ0v) is 17.4. The van der Waals surface area contributed by atoms with Gasteiger partial charge in [-0.15, -0.1) is 0 Å². The number of carboxylic acids is 1. The van der Waals surface area contributed by atoms with Crippen molar-refractivity contribution in [2.45, 2.75) is 13.0 Å². The first-order valence-electron chi connectivity index (χ1n) is 9.97. The number of carbonyl (C=O) groups is 1. The lowest BCUT2D eigenvalue weighted by molar-refractivity contribution is 0.0695. The number of aromatic nitrogens is 2. The first-order chi connectivity index (χ1) is 15.5. The van der Waals surface area contributed by atoms with Crippen molar-refractivity contribution in [1.29, 1.82) is 0 Å². The summed E-state index contributed by atoms with van der Waals surface area (Å²) in [5.41, 5.74) is 2.82. The largest absolute Gasteiger partial charge is 0.497 e. The molecule has 1 N–H and O–H groups in total. The standard InChI is InChI=1S/C26H20N2O4/c1-32-21-12-9-18(10-13-21)5-4-6-19-11-14-24-23(15-19)25(29)28(17-27-24)16-20-7-2-3-8-22(20)26(30)31/h2-3,7-15,17H,5,16H2,1H3,(H,30,31). The molecule has 4 aromatic rings. The number of hydrogen-bond acceptors (Lipinski definition) is 4. The Labute approximate surface area is 184 Å². The topological polar surface area (TPSA) is 81.4 Å². The molecule has 0 saturated heterocycles. The van der Waals surface area contributed by atoms with Crippen molar-refractivity contribution in [2.24, 2.45) is 0 Å². The number of carboxylic acid groups (broad SMARTS) is 1. The molecule has 1 aromatic heterocycles. The van der Waals surface area contributed by atoms with Crippen LogP contribution in [0.5, 0.6) is 5.75 Å². The fourth-order valence-corrected chi connectivity index (χ4v) is 3.39. The first-order valence-corrected chi connectivity index (χ1v) is 9.97. The third kappa shape index (κ3) is 4.52. The molecule has 0 radical (unpaired) electrons. The molecule has 0 bridgehead atoms. The molecule has 0 aliphatic carbocycles. The Balaban J connectivity index is 1.61. The number of aromatic carboxylic acids is 1. The van der Waals surface area contributed by atoms with Gasteiger partial charge in [-0.3, -0.25) is 9.36 Å². The molecule has 0 amide bonds. The highest BCUT2D eigenvalue weighted by Gasteiger charge is 2.11. The maximum Gasteiger partial charge on any atom is 0.336 e. The molecule has 0 atom stereocenters. The van der Waals surface area contributed by atoms with E-state index in [1.807, 2.05) is 30.3 Å². The van der Waals surface area contributed by atoms with E-state index in [1.165, 1.54) is 17.0 Å². The third-order valence-corrected chi connectivity index (χ3v) is 5.10. The molecule has 32 heavy (non-hydrogen) atoms. The summed E-state index contributed by atoms with van der Waals surface area (Å²) in [4.78, 5) is 28.9. The minimum Gasteiger partial charge on any atom is -0.497 e. The average Bonchev–Trinajstić information content (AvgIpc) is 2.82. The van der Waals surface area contributed by atoms with Crippen LogP contribution >= 0.6 is 0 Å². The Hall–Kier alpha value is -4.37. The van der Waals surface area contributed by atoms with Crippen LogP contribution in [0.1, 0.15) is 27.0 Å². The quantitative estimate of drug-likeness (QED) is 0.494. The molecular formula is C26H20N2O4. The van der Waals surface area contributed by atoms with Crippen molar-refractivity contribution in [3.05, 3.63) is 106 Å². The van der Waals surface area contributed by atoms with E-state index in [4.69, 9.17) is 4.74 Å². The Morgan fingerprint density at radius 2 is 1.88 bits per heavy atom. The molecule has 0 fully saturated rings. The number of rotatable bonds is 5. The van der Waals surface area contributed by atoms with E-state index < -0.39 is 5.97 Å². The minimum absolute atomic E-state index is 0.123. The van der Waals surface area contributed by atoms with Crippen LogP contribution in [0.3, 0.4) is 0 Å². The van der Waals surface area contributed by atoms with E-state index in [1.54, 1.807) is 37.4 Å². The second-order valence-corrected chi connectivity index (χ2v) is 7.20. The van der Waals surface area contributed by atoms with Gasteiger partial charge in [0.15, 0.2) is 0 Å². The van der Waals surface area contributed by atoms with E-state index in [0.717, 1.165) is 11.3 Å². The van der Waals surface area contributed by atoms with E-state index >= 15 is 0 Å². The molecular weight excluding hydrogens is 404 g/mol. The molecule has 6 nitrogen and oxygen atoms in total. The normalized spacial score (nSPS) is 10.4. The Morgan fingerprint density at radius 1 is 1.09 bits per heavy atom. The van der Waals surface area contributed by atoms with Gasteiger partial charge in [0.2, 0.25) is 0 Å². The van der Waals surface area contributed by atoms with Gasteiger partial charge in [-0.1, -0.05) is 42.2 Å². The lowest BCUT2D eigenvalue weighted by Gasteiger charge is -2.09. The molecule has 0 spiro atoms. The molecule has 0 aliphatic heterocycles. The van der Waals surface area contributed by atoms with Crippen molar-refractivity contribution >= 4 is 16.9 Å². The van der Waals surface area contributed by atoms with Crippen LogP contribution in [0.4, 0.5) is 0 Å². The molecule has 6 heteroatoms. The smallest absolute Gasteiger partial charge is 0.336 e. The molecule has 4 rings (SSSR count). The lowest BCUT2D eigenvalue weighted by Crippen LogP contribution is -2.22. The second kappa shape index (κ2) is 9.19. The van der Waals surface area contributed by atoms with Crippen molar-refractivity contribution in [3.63, 3.8) is 0 Å². The molecule has 0 aliphatic rings. The van der Waals surface area contributed by atoms with Crippen molar-refractivity contribution < 1.29 is 14.6 Å². The Bertz CT molecular complexity index is 1410. The maximum absolute atomic E-state index is 13.0. The zero-order valence-electron chi connectivity index (χ0n) is 17.4. The van der Waals surface area contributed by atoms with Gasteiger partial charge >= 0.3 is 5.97 Å². The number of methoxy groups -OCH3 is 1. The van der Waals surface area contributed by atoms with Gasteiger partial charge in [0.25, 0.3) is 5.56 Å². The van der Waals surface area contributed by atoms with Gasteiger partial charge in [0, 0.05) is 12.0 Å². The summed E-state index contributed by atoms with van der Waals surface area (Å²) in [5.74, 6) is 5.99. The number of fused-ring (bicyclic) bond motifs is 1. The summed E-state index contributed by atoms with van der Waals surface area (Å²) in [6, 6.07) is 19.7. The summed E-state index contributed by atoms with van der Waals surface area (Å²) in [7, 11) is 1.63. The summed E-state index contributed by atoms with van der Waals surface area (Å²) < 4.78 is 6.57. The van der Waals surface area contributed by atoms with Gasteiger partial charge in [-0.2, -0.15) is 0 Å². The van der Waals surface area contributed by atoms with Crippen LogP contribution in [0.15, 0.2) is 77.9 Å². The van der Waals surface area contributed by atoms with Crippen LogP contribution < -0.4 is 10.3 Å². The Kier molecular flexibility index (Phi) is 6.00. The predicted octanol–water partition coefficient (Wildman–Crippen LogP) is 3.75. The lowest BCUT2D eigenvalue weighted by atomic mass is 10.1. The van der Waals surface area contributed by atoms with Gasteiger partial charge in [0.1, 0.15) is 5.75 Å². The number of ether oxygens (including phenoxy) is 1. The van der Waals surface area contributed by atoms with E-state index in [0.29, 0.717) is 28.5 Å². The van der Waals surface area contributed by atoms with Gasteiger partial charge in [0.05, 0.1) is 36.4 Å². The van der Waals surface area contributed by atoms with Crippen LogP contribution in [0.25, 0.3) is 10.9 Å². The average molecular weight is 424 g/mol. The fraction of sp³-hybridized carbons (Fsp3) is 0.115. The monoisotopic (exact) mass is 424 g/mol. The molecule has 0 saturated carbocycles. The van der Waals surface area contributed by atoms with Crippen LogP contribution in [0.2, 0.25) is 0 Å². The molecule has 0 unspecified atom stereocenters. The number of hydrogen-bond donors (Lipinski definition) is 1. The van der Waals surface area contributed by atoms with Crippen LogP contribution in [-0.2, 0) is 13.0 Å². The first kappa shape index (κ1) is 20.9. The van der Waals surface area contributed by atoms with Gasteiger partial charge in [-0.25, -0.2) is 9.78 Å². The predicted molar refractivity (Wildman–Crippen MR) is 122 cm³/mol. The molecule has 3 aromatic carbocycles. The van der Waals surface area contributed by atoms with Crippen molar-refractivity contribution in [2.75, 3.05) is 7.11 Å². The zero-order chi connectivity index (χ0) is 22.5. The van der Waals surface area contributed by atoms with Crippen molar-refractivity contribution in [3.8, 4) is 17.6 Å². The SMILES string of the molecule is COc1ccc(CC#Cc2ccc3ncn(Cc4ccccc4C(=O)O)c(=O)c3c2)cc1. The Morgan fingerprint density at radius 3 is 2.62 bits per heavy atom. The van der Waals surface area contributed by atoms with Gasteiger partial charge < -0.3 is 9.84 Å². The van der Waals surface area contributed by atoms with E-state index in [-0.39, 0.29) is 17.7 Å². The van der Waals surface area contributed by atoms with Gasteiger partial charge in [-0.05, 0) is 47.5 Å². The highest BCUT2D eigenvalue weighted by atomic mass is 16.5. The summed E-state index contributed by atoms with van der Waals surface area (Å²) in [6.07, 6.45) is 2.02. The highest BCUT2D eigenvalue weighted by molar-refractivity contribution is 5.89. The fourth-order valence-electron chi connectivity index (χ4n) is 3.39.